The van der Waals surface area contributed by atoms with Crippen LogP contribution >= 0.6 is 0 Å². The van der Waals surface area contributed by atoms with E-state index in [-0.39, 0.29) is 5.92 Å². The number of aliphatic hydroxyl groups is 1. The van der Waals surface area contributed by atoms with Crippen molar-refractivity contribution in [3.63, 3.8) is 0 Å². The lowest BCUT2D eigenvalue weighted by Gasteiger charge is -2.37. The van der Waals surface area contributed by atoms with Crippen molar-refractivity contribution in [2.75, 3.05) is 0 Å². The highest BCUT2D eigenvalue weighted by molar-refractivity contribution is 5.76. The van der Waals surface area contributed by atoms with Crippen LogP contribution in [-0.4, -0.2) is 21.8 Å². The smallest absolute Gasteiger partial charge is 0.312 e. The molecule has 0 radical (unpaired) electrons. The van der Waals surface area contributed by atoms with Crippen molar-refractivity contribution in [1.82, 2.24) is 0 Å². The summed E-state index contributed by atoms with van der Waals surface area (Å²) in [5, 5.41) is 19.1. The topological polar surface area (TPSA) is 57.5 Å². The van der Waals surface area contributed by atoms with Gasteiger partial charge in [-0.15, -0.1) is 6.58 Å². The zero-order valence-electron chi connectivity index (χ0n) is 8.08. The van der Waals surface area contributed by atoms with Crippen molar-refractivity contribution in [2.24, 2.45) is 11.3 Å². The Morgan fingerprint density at radius 3 is 2.23 bits per heavy atom. The molecule has 0 aromatic carbocycles. The van der Waals surface area contributed by atoms with Gasteiger partial charge >= 0.3 is 5.97 Å². The molecular weight excluding hydrogens is 168 g/mol. The Morgan fingerprint density at radius 2 is 2.00 bits per heavy atom. The summed E-state index contributed by atoms with van der Waals surface area (Å²) in [4.78, 5) is 11.0. The van der Waals surface area contributed by atoms with E-state index < -0.39 is 17.0 Å². The summed E-state index contributed by atoms with van der Waals surface area (Å²) < 4.78 is 0. The van der Waals surface area contributed by atoms with E-state index in [0.717, 1.165) is 12.8 Å². The molecule has 0 heterocycles. The Kier molecular flexibility index (Phi) is 2.24. The minimum Gasteiger partial charge on any atom is -0.481 e. The molecule has 2 N–H and O–H groups in total. The molecule has 1 rings (SSSR count). The van der Waals surface area contributed by atoms with Crippen LogP contribution in [0.1, 0.15) is 26.7 Å². The van der Waals surface area contributed by atoms with Crippen molar-refractivity contribution in [1.29, 1.82) is 0 Å². The maximum Gasteiger partial charge on any atom is 0.312 e. The summed E-state index contributed by atoms with van der Waals surface area (Å²) in [6.07, 6.45) is 3.15. The molecule has 1 saturated carbocycles. The van der Waals surface area contributed by atoms with Crippen LogP contribution in [0.15, 0.2) is 12.7 Å². The first-order chi connectivity index (χ1) is 5.86. The molecular formula is C10H16O3. The van der Waals surface area contributed by atoms with Gasteiger partial charge < -0.3 is 10.2 Å². The third kappa shape index (κ3) is 1.37. The lowest BCUT2D eigenvalue weighted by atomic mass is 9.72. The third-order valence-corrected chi connectivity index (χ3v) is 3.05. The van der Waals surface area contributed by atoms with Crippen LogP contribution in [0.5, 0.6) is 0 Å². The molecule has 1 aliphatic carbocycles. The number of hydrogen-bond donors (Lipinski definition) is 2. The second-order valence-corrected chi connectivity index (χ2v) is 4.23. The molecule has 1 unspecified atom stereocenters. The Labute approximate surface area is 78.1 Å². The first-order valence-electron chi connectivity index (χ1n) is 4.45. The summed E-state index contributed by atoms with van der Waals surface area (Å²) in [5.41, 5.74) is -2.42. The summed E-state index contributed by atoms with van der Waals surface area (Å²) >= 11 is 0. The van der Waals surface area contributed by atoms with E-state index in [4.69, 9.17) is 5.11 Å². The van der Waals surface area contributed by atoms with Gasteiger partial charge in [0.05, 0.1) is 5.41 Å². The van der Waals surface area contributed by atoms with Gasteiger partial charge in [-0.3, -0.25) is 4.79 Å². The van der Waals surface area contributed by atoms with Gasteiger partial charge in [-0.1, -0.05) is 6.08 Å². The number of rotatable bonds is 4. The lowest BCUT2D eigenvalue weighted by molar-refractivity contribution is -0.161. The van der Waals surface area contributed by atoms with Gasteiger partial charge in [0.25, 0.3) is 0 Å². The standard InChI is InChI=1S/C10H16O3/c1-4-10(13,7-5-6-7)9(2,3)8(11)12/h4,7,13H,1,5-6H2,2-3H3,(H,11,12). The largest absolute Gasteiger partial charge is 0.481 e. The van der Waals surface area contributed by atoms with E-state index in [1.165, 1.54) is 19.9 Å². The Balaban J connectivity index is 2.99. The molecule has 3 heteroatoms. The van der Waals surface area contributed by atoms with Gasteiger partial charge in [-0.25, -0.2) is 0 Å². The van der Waals surface area contributed by atoms with Gasteiger partial charge in [0.1, 0.15) is 5.60 Å². The maximum atomic E-state index is 11.0. The van der Waals surface area contributed by atoms with Crippen molar-refractivity contribution >= 4 is 5.97 Å². The molecule has 74 valence electrons. The van der Waals surface area contributed by atoms with E-state index in [9.17, 15) is 9.90 Å². The van der Waals surface area contributed by atoms with Gasteiger partial charge in [-0.05, 0) is 32.6 Å². The Morgan fingerprint density at radius 1 is 1.54 bits per heavy atom. The zero-order valence-corrected chi connectivity index (χ0v) is 8.08. The van der Waals surface area contributed by atoms with Crippen LogP contribution < -0.4 is 0 Å². The lowest BCUT2D eigenvalue weighted by Crippen LogP contribution is -2.49. The number of carbonyl (C=O) groups is 1. The number of carboxylic acids is 1. The van der Waals surface area contributed by atoms with Gasteiger partial charge in [0.2, 0.25) is 0 Å². The highest BCUT2D eigenvalue weighted by Crippen LogP contribution is 2.49. The molecule has 1 atom stereocenters. The fraction of sp³-hybridized carbons (Fsp3) is 0.700. The van der Waals surface area contributed by atoms with Crippen molar-refractivity contribution in [3.05, 3.63) is 12.7 Å². The average molecular weight is 184 g/mol. The first-order valence-corrected chi connectivity index (χ1v) is 4.45. The monoisotopic (exact) mass is 184 g/mol. The van der Waals surface area contributed by atoms with Crippen LogP contribution in [0, 0.1) is 11.3 Å². The highest BCUT2D eigenvalue weighted by atomic mass is 16.4. The van der Waals surface area contributed by atoms with Crippen molar-refractivity contribution in [3.8, 4) is 0 Å². The van der Waals surface area contributed by atoms with Gasteiger partial charge in [-0.2, -0.15) is 0 Å². The normalized spacial score (nSPS) is 22.1. The molecule has 1 aliphatic rings. The van der Waals surface area contributed by atoms with E-state index in [2.05, 4.69) is 6.58 Å². The predicted octanol–water partition coefficient (Wildman–Crippen LogP) is 1.42. The van der Waals surface area contributed by atoms with E-state index >= 15 is 0 Å². The summed E-state index contributed by atoms with van der Waals surface area (Å²) in [7, 11) is 0. The first kappa shape index (κ1) is 10.3. The van der Waals surface area contributed by atoms with Crippen LogP contribution in [0.4, 0.5) is 0 Å². The quantitative estimate of drug-likeness (QED) is 0.650. The molecule has 0 aromatic rings. The van der Waals surface area contributed by atoms with Crippen LogP contribution in [-0.2, 0) is 4.79 Å². The molecule has 0 aliphatic heterocycles. The molecule has 0 amide bonds. The van der Waals surface area contributed by atoms with E-state index in [1.54, 1.807) is 0 Å². The van der Waals surface area contributed by atoms with Crippen LogP contribution in [0.25, 0.3) is 0 Å². The predicted molar refractivity (Wildman–Crippen MR) is 49.3 cm³/mol. The number of carboxylic acid groups (broad SMARTS) is 1. The average Bonchev–Trinajstić information content (AvgIpc) is 2.84. The zero-order chi connectivity index (χ0) is 10.3. The summed E-state index contributed by atoms with van der Waals surface area (Å²) in [6, 6.07) is 0. The fourth-order valence-electron chi connectivity index (χ4n) is 1.63. The molecule has 0 saturated heterocycles. The van der Waals surface area contributed by atoms with Crippen molar-refractivity contribution < 1.29 is 15.0 Å². The Bertz CT molecular complexity index is 241. The molecule has 13 heavy (non-hydrogen) atoms. The molecule has 1 fully saturated rings. The highest BCUT2D eigenvalue weighted by Gasteiger charge is 2.55. The summed E-state index contributed by atoms with van der Waals surface area (Å²) in [6.45, 7) is 6.60. The fourth-order valence-corrected chi connectivity index (χ4v) is 1.63. The van der Waals surface area contributed by atoms with Gasteiger partial charge in [0, 0.05) is 0 Å². The van der Waals surface area contributed by atoms with E-state index in [0.29, 0.717) is 0 Å². The molecule has 3 nitrogen and oxygen atoms in total. The minimum absolute atomic E-state index is 0.0658. The maximum absolute atomic E-state index is 11.0. The molecule has 0 bridgehead atoms. The minimum atomic E-state index is -1.27. The number of aliphatic carboxylic acids is 1. The van der Waals surface area contributed by atoms with Crippen LogP contribution in [0.2, 0.25) is 0 Å². The summed E-state index contributed by atoms with van der Waals surface area (Å²) in [5.74, 6) is -0.919. The van der Waals surface area contributed by atoms with Crippen LogP contribution in [0.3, 0.4) is 0 Å². The molecule has 0 spiro atoms. The van der Waals surface area contributed by atoms with Gasteiger partial charge in [0.15, 0.2) is 0 Å². The second-order valence-electron chi connectivity index (χ2n) is 4.23. The Hall–Kier alpha value is -0.830. The third-order valence-electron chi connectivity index (χ3n) is 3.05. The van der Waals surface area contributed by atoms with E-state index in [1.807, 2.05) is 0 Å². The SMILES string of the molecule is C=CC(O)(C1CC1)C(C)(C)C(=O)O. The number of hydrogen-bond acceptors (Lipinski definition) is 2. The molecule has 0 aromatic heterocycles. The second kappa shape index (κ2) is 2.84. The van der Waals surface area contributed by atoms with Crippen molar-refractivity contribution in [2.45, 2.75) is 32.3 Å².